The Balaban J connectivity index is 1.83. The lowest BCUT2D eigenvalue weighted by molar-refractivity contribution is 0.102. The van der Waals surface area contributed by atoms with Crippen molar-refractivity contribution in [1.82, 2.24) is 4.98 Å². The Hall–Kier alpha value is -3.48. The van der Waals surface area contributed by atoms with Gasteiger partial charge in [0.2, 0.25) is 0 Å². The molecule has 1 amide bonds. The van der Waals surface area contributed by atoms with Crippen molar-refractivity contribution < 1.29 is 18.3 Å². The standard InChI is InChI=1S/C20H17F2N3O2/c1-12-6-7-17(27-2)16(10-12)24-20(26)13-8-9-23-18(11-13)25-19-14(21)4-3-5-15(19)22/h3-11H,1-2H3,(H,23,25)(H,24,26). The fraction of sp³-hybridized carbons (Fsp3) is 0.100. The normalized spacial score (nSPS) is 10.4. The van der Waals surface area contributed by atoms with Crippen LogP contribution < -0.4 is 15.4 Å². The fourth-order valence-corrected chi connectivity index (χ4v) is 2.50. The number of halogens is 2. The molecule has 2 aromatic carbocycles. The first-order valence-corrected chi connectivity index (χ1v) is 8.11. The highest BCUT2D eigenvalue weighted by molar-refractivity contribution is 6.05. The lowest BCUT2D eigenvalue weighted by Gasteiger charge is -2.12. The van der Waals surface area contributed by atoms with Gasteiger partial charge in [0.05, 0.1) is 12.8 Å². The first kappa shape index (κ1) is 18.3. The minimum absolute atomic E-state index is 0.142. The molecule has 3 rings (SSSR count). The number of rotatable bonds is 5. The molecule has 0 aliphatic rings. The van der Waals surface area contributed by atoms with Crippen LogP contribution in [0, 0.1) is 18.6 Å². The zero-order chi connectivity index (χ0) is 19.4. The zero-order valence-electron chi connectivity index (χ0n) is 14.7. The van der Waals surface area contributed by atoms with Gasteiger partial charge in [-0.2, -0.15) is 0 Å². The number of ether oxygens (including phenoxy) is 1. The van der Waals surface area contributed by atoms with E-state index >= 15 is 0 Å². The van der Waals surface area contributed by atoms with E-state index in [1.165, 1.54) is 31.5 Å². The van der Waals surface area contributed by atoms with Crippen molar-refractivity contribution in [2.45, 2.75) is 6.92 Å². The summed E-state index contributed by atoms with van der Waals surface area (Å²) >= 11 is 0. The quantitative estimate of drug-likeness (QED) is 0.686. The highest BCUT2D eigenvalue weighted by Gasteiger charge is 2.13. The molecule has 0 bridgehead atoms. The average molecular weight is 369 g/mol. The van der Waals surface area contributed by atoms with Gasteiger partial charge in [0.1, 0.15) is 28.9 Å². The predicted molar refractivity (Wildman–Crippen MR) is 99.6 cm³/mol. The molecule has 1 aromatic heterocycles. The summed E-state index contributed by atoms with van der Waals surface area (Å²) in [5, 5.41) is 5.33. The molecule has 0 unspecified atom stereocenters. The molecule has 1 heterocycles. The Bertz CT molecular complexity index is 972. The van der Waals surface area contributed by atoms with Crippen LogP contribution in [0.15, 0.2) is 54.7 Å². The van der Waals surface area contributed by atoms with E-state index in [4.69, 9.17) is 4.74 Å². The van der Waals surface area contributed by atoms with Crippen molar-refractivity contribution in [3.63, 3.8) is 0 Å². The van der Waals surface area contributed by atoms with Gasteiger partial charge in [0.25, 0.3) is 5.91 Å². The summed E-state index contributed by atoms with van der Waals surface area (Å²) in [6.45, 7) is 1.90. The number of nitrogens with zero attached hydrogens (tertiary/aromatic N) is 1. The molecule has 0 aliphatic carbocycles. The number of benzene rings is 2. The highest BCUT2D eigenvalue weighted by atomic mass is 19.1. The number of pyridine rings is 1. The van der Waals surface area contributed by atoms with Crippen molar-refractivity contribution in [3.05, 3.63) is 77.5 Å². The number of hydrogen-bond acceptors (Lipinski definition) is 4. The fourth-order valence-electron chi connectivity index (χ4n) is 2.50. The summed E-state index contributed by atoms with van der Waals surface area (Å²) in [4.78, 5) is 16.6. The number of nitrogens with one attached hydrogen (secondary N) is 2. The second-order valence-electron chi connectivity index (χ2n) is 5.81. The van der Waals surface area contributed by atoms with Gasteiger partial charge in [-0.25, -0.2) is 13.8 Å². The molecule has 0 radical (unpaired) electrons. The molecule has 0 saturated heterocycles. The molecule has 27 heavy (non-hydrogen) atoms. The smallest absolute Gasteiger partial charge is 0.255 e. The lowest BCUT2D eigenvalue weighted by Crippen LogP contribution is -2.13. The maximum absolute atomic E-state index is 13.8. The van der Waals surface area contributed by atoms with Gasteiger partial charge in [0, 0.05) is 11.8 Å². The maximum atomic E-state index is 13.8. The molecule has 2 N–H and O–H groups in total. The van der Waals surface area contributed by atoms with E-state index in [2.05, 4.69) is 15.6 Å². The van der Waals surface area contributed by atoms with Crippen LogP contribution in [0.4, 0.5) is 26.0 Å². The second kappa shape index (κ2) is 7.82. The third kappa shape index (κ3) is 4.20. The van der Waals surface area contributed by atoms with E-state index in [-0.39, 0.29) is 17.1 Å². The van der Waals surface area contributed by atoms with Crippen molar-refractivity contribution in [3.8, 4) is 5.75 Å². The van der Waals surface area contributed by atoms with Crippen LogP contribution in [0.1, 0.15) is 15.9 Å². The van der Waals surface area contributed by atoms with E-state index < -0.39 is 17.5 Å². The average Bonchev–Trinajstić information content (AvgIpc) is 2.65. The Labute approximate surface area is 155 Å². The van der Waals surface area contributed by atoms with Crippen LogP contribution in [-0.4, -0.2) is 18.0 Å². The minimum Gasteiger partial charge on any atom is -0.495 e. The van der Waals surface area contributed by atoms with Crippen molar-refractivity contribution in [2.24, 2.45) is 0 Å². The monoisotopic (exact) mass is 369 g/mol. The SMILES string of the molecule is COc1ccc(C)cc1NC(=O)c1ccnc(Nc2c(F)cccc2F)c1. The number of para-hydroxylation sites is 1. The summed E-state index contributed by atoms with van der Waals surface area (Å²) in [7, 11) is 1.51. The Morgan fingerprint density at radius 3 is 2.52 bits per heavy atom. The van der Waals surface area contributed by atoms with Crippen LogP contribution >= 0.6 is 0 Å². The second-order valence-corrected chi connectivity index (χ2v) is 5.81. The minimum atomic E-state index is -0.754. The van der Waals surface area contributed by atoms with Crippen LogP contribution in [-0.2, 0) is 0 Å². The van der Waals surface area contributed by atoms with Crippen LogP contribution in [0.2, 0.25) is 0 Å². The van der Waals surface area contributed by atoms with Gasteiger partial charge in [-0.05, 0) is 48.9 Å². The van der Waals surface area contributed by atoms with E-state index in [0.29, 0.717) is 11.4 Å². The van der Waals surface area contributed by atoms with E-state index in [9.17, 15) is 13.6 Å². The zero-order valence-corrected chi connectivity index (χ0v) is 14.7. The number of carbonyl (C=O) groups excluding carboxylic acids is 1. The summed E-state index contributed by atoms with van der Waals surface area (Å²) in [6.07, 6.45) is 1.38. The van der Waals surface area contributed by atoms with E-state index in [1.807, 2.05) is 13.0 Å². The van der Waals surface area contributed by atoms with Gasteiger partial charge >= 0.3 is 0 Å². The molecular formula is C20H17F2N3O2. The Morgan fingerprint density at radius 2 is 1.81 bits per heavy atom. The predicted octanol–water partition coefficient (Wildman–Crippen LogP) is 4.67. The van der Waals surface area contributed by atoms with Crippen molar-refractivity contribution >= 4 is 23.1 Å². The molecule has 0 spiro atoms. The number of aryl methyl sites for hydroxylation is 1. The Morgan fingerprint density at radius 1 is 1.07 bits per heavy atom. The molecule has 0 saturated carbocycles. The summed E-state index contributed by atoms with van der Waals surface area (Å²) in [5.41, 5.74) is 1.42. The van der Waals surface area contributed by atoms with Crippen LogP contribution in [0.5, 0.6) is 5.75 Å². The van der Waals surface area contributed by atoms with Gasteiger partial charge in [-0.1, -0.05) is 12.1 Å². The van der Waals surface area contributed by atoms with Crippen molar-refractivity contribution in [2.75, 3.05) is 17.7 Å². The number of hydrogen-bond donors (Lipinski definition) is 2. The van der Waals surface area contributed by atoms with Gasteiger partial charge < -0.3 is 15.4 Å². The molecule has 0 fully saturated rings. The van der Waals surface area contributed by atoms with Gasteiger partial charge in [-0.3, -0.25) is 4.79 Å². The molecule has 3 aromatic rings. The maximum Gasteiger partial charge on any atom is 0.255 e. The molecule has 0 atom stereocenters. The van der Waals surface area contributed by atoms with Gasteiger partial charge in [0.15, 0.2) is 0 Å². The Kier molecular flexibility index (Phi) is 5.30. The summed E-state index contributed by atoms with van der Waals surface area (Å²) in [5.74, 6) is -1.25. The first-order chi connectivity index (χ1) is 13.0. The van der Waals surface area contributed by atoms with Gasteiger partial charge in [-0.15, -0.1) is 0 Å². The number of methoxy groups -OCH3 is 1. The molecule has 5 nitrogen and oxygen atoms in total. The highest BCUT2D eigenvalue weighted by Crippen LogP contribution is 2.26. The topological polar surface area (TPSA) is 63.2 Å². The number of aromatic nitrogens is 1. The van der Waals surface area contributed by atoms with Crippen LogP contribution in [0.25, 0.3) is 0 Å². The molecular weight excluding hydrogens is 352 g/mol. The number of carbonyl (C=O) groups is 1. The van der Waals surface area contributed by atoms with Crippen LogP contribution in [0.3, 0.4) is 0 Å². The summed E-state index contributed by atoms with van der Waals surface area (Å²) < 4.78 is 32.8. The molecule has 138 valence electrons. The number of anilines is 3. The van der Waals surface area contributed by atoms with Crippen molar-refractivity contribution in [1.29, 1.82) is 0 Å². The van der Waals surface area contributed by atoms with E-state index in [1.54, 1.807) is 12.1 Å². The molecule has 7 heteroatoms. The number of amides is 1. The third-order valence-corrected chi connectivity index (χ3v) is 3.84. The first-order valence-electron chi connectivity index (χ1n) is 8.11. The third-order valence-electron chi connectivity index (χ3n) is 3.84. The summed E-state index contributed by atoms with van der Waals surface area (Å²) in [6, 6.07) is 11.8. The largest absolute Gasteiger partial charge is 0.495 e. The lowest BCUT2D eigenvalue weighted by atomic mass is 10.2. The van der Waals surface area contributed by atoms with E-state index in [0.717, 1.165) is 17.7 Å². The molecule has 0 aliphatic heterocycles.